The number of benzene rings is 1. The highest BCUT2D eigenvalue weighted by molar-refractivity contribution is 5.77. The smallest absolute Gasteiger partial charge is 0.233 e. The van der Waals surface area contributed by atoms with Crippen LogP contribution in [0, 0.1) is 0 Å². The van der Waals surface area contributed by atoms with Crippen molar-refractivity contribution in [3.8, 4) is 11.5 Å². The summed E-state index contributed by atoms with van der Waals surface area (Å²) in [6.07, 6.45) is 2.42. The van der Waals surface area contributed by atoms with Crippen LogP contribution < -0.4 is 14.8 Å². The molecule has 0 aromatic heterocycles. The molecular weight excluding hydrogens is 344 g/mol. The lowest BCUT2D eigenvalue weighted by molar-refractivity contribution is -0.122. The van der Waals surface area contributed by atoms with Crippen LogP contribution in [0.2, 0.25) is 0 Å². The standard InChI is InChI=1S/C20H30N4O3/c1-21-20(25)14-23-6-2-3-17(13-23)24-9-7-22(8-10-24)12-16-4-5-18-19(11-16)27-15-26-18/h4-5,11,17H,2-3,6-10,12-15H2,1H3,(H,21,25). The largest absolute Gasteiger partial charge is 0.454 e. The van der Waals surface area contributed by atoms with Crippen molar-refractivity contribution in [1.82, 2.24) is 20.0 Å². The first-order valence-corrected chi connectivity index (χ1v) is 9.99. The van der Waals surface area contributed by atoms with E-state index in [0.717, 1.165) is 57.3 Å². The average Bonchev–Trinajstić information content (AvgIpc) is 3.16. The van der Waals surface area contributed by atoms with Gasteiger partial charge in [0.05, 0.1) is 6.54 Å². The van der Waals surface area contributed by atoms with Crippen LogP contribution >= 0.6 is 0 Å². The summed E-state index contributed by atoms with van der Waals surface area (Å²) in [5.74, 6) is 1.83. The number of piperazine rings is 1. The highest BCUT2D eigenvalue weighted by Crippen LogP contribution is 2.33. The number of nitrogens with one attached hydrogen (secondary N) is 1. The lowest BCUT2D eigenvalue weighted by Crippen LogP contribution is -2.55. The van der Waals surface area contributed by atoms with Gasteiger partial charge in [-0.2, -0.15) is 0 Å². The number of hydrogen-bond acceptors (Lipinski definition) is 6. The zero-order valence-corrected chi connectivity index (χ0v) is 16.2. The van der Waals surface area contributed by atoms with E-state index in [1.165, 1.54) is 18.4 Å². The predicted octanol–water partition coefficient (Wildman–Crippen LogP) is 0.743. The third-order valence-electron chi connectivity index (χ3n) is 5.89. The number of carbonyl (C=O) groups excluding carboxylic acids is 1. The summed E-state index contributed by atoms with van der Waals surface area (Å²) < 4.78 is 10.9. The first-order chi connectivity index (χ1) is 13.2. The second-order valence-electron chi connectivity index (χ2n) is 7.70. The third kappa shape index (κ3) is 4.54. The van der Waals surface area contributed by atoms with E-state index in [4.69, 9.17) is 9.47 Å². The van der Waals surface area contributed by atoms with Crippen LogP contribution in [0.15, 0.2) is 18.2 Å². The van der Waals surface area contributed by atoms with Gasteiger partial charge < -0.3 is 14.8 Å². The molecule has 1 amide bonds. The lowest BCUT2D eigenvalue weighted by Gasteiger charge is -2.43. The molecule has 3 aliphatic heterocycles. The van der Waals surface area contributed by atoms with Crippen molar-refractivity contribution < 1.29 is 14.3 Å². The molecule has 148 valence electrons. The van der Waals surface area contributed by atoms with Crippen LogP contribution in [0.25, 0.3) is 0 Å². The molecule has 1 atom stereocenters. The number of fused-ring (bicyclic) bond motifs is 1. The maximum atomic E-state index is 11.7. The number of likely N-dealkylation sites (N-methyl/N-ethyl adjacent to an activating group) is 1. The molecule has 4 rings (SSSR count). The summed E-state index contributed by atoms with van der Waals surface area (Å²) in [5, 5.41) is 2.73. The zero-order valence-electron chi connectivity index (χ0n) is 16.2. The number of nitrogens with zero attached hydrogens (tertiary/aromatic N) is 3. The third-order valence-corrected chi connectivity index (χ3v) is 5.89. The normalized spacial score (nSPS) is 24.1. The van der Waals surface area contributed by atoms with Gasteiger partial charge in [0.2, 0.25) is 12.7 Å². The van der Waals surface area contributed by atoms with Gasteiger partial charge in [-0.3, -0.25) is 19.5 Å². The summed E-state index contributed by atoms with van der Waals surface area (Å²) in [7, 11) is 1.71. The highest BCUT2D eigenvalue weighted by atomic mass is 16.7. The molecule has 7 heteroatoms. The molecule has 1 aromatic carbocycles. The number of amides is 1. The van der Waals surface area contributed by atoms with E-state index in [1.54, 1.807) is 7.05 Å². The van der Waals surface area contributed by atoms with Crippen LogP contribution in [0.5, 0.6) is 11.5 Å². The molecule has 0 spiro atoms. The molecule has 1 unspecified atom stereocenters. The Kier molecular flexibility index (Phi) is 5.80. The van der Waals surface area contributed by atoms with E-state index in [2.05, 4.69) is 32.1 Å². The summed E-state index contributed by atoms with van der Waals surface area (Å²) >= 11 is 0. The summed E-state index contributed by atoms with van der Waals surface area (Å²) in [6, 6.07) is 6.83. The number of likely N-dealkylation sites (tertiary alicyclic amines) is 1. The summed E-state index contributed by atoms with van der Waals surface area (Å²) in [6.45, 7) is 8.22. The Balaban J connectivity index is 1.25. The van der Waals surface area contributed by atoms with E-state index >= 15 is 0 Å². The maximum absolute atomic E-state index is 11.7. The molecule has 2 saturated heterocycles. The van der Waals surface area contributed by atoms with E-state index in [1.807, 2.05) is 6.07 Å². The minimum absolute atomic E-state index is 0.115. The maximum Gasteiger partial charge on any atom is 0.233 e. The van der Waals surface area contributed by atoms with Crippen LogP contribution in [0.4, 0.5) is 0 Å². The highest BCUT2D eigenvalue weighted by Gasteiger charge is 2.28. The molecule has 0 aliphatic carbocycles. The Bertz CT molecular complexity index is 661. The molecule has 1 N–H and O–H groups in total. The summed E-state index contributed by atoms with van der Waals surface area (Å²) in [5.41, 5.74) is 1.28. The van der Waals surface area contributed by atoms with E-state index in [9.17, 15) is 4.79 Å². The van der Waals surface area contributed by atoms with Gasteiger partial charge >= 0.3 is 0 Å². The van der Waals surface area contributed by atoms with Gasteiger partial charge in [-0.15, -0.1) is 0 Å². The minimum atomic E-state index is 0.115. The number of carbonyl (C=O) groups is 1. The number of piperidine rings is 1. The molecule has 0 radical (unpaired) electrons. The fourth-order valence-corrected chi connectivity index (χ4v) is 4.34. The SMILES string of the molecule is CNC(=O)CN1CCCC(N2CCN(Cc3ccc4c(c3)OCO4)CC2)C1. The van der Waals surface area contributed by atoms with Crippen molar-refractivity contribution in [3.63, 3.8) is 0 Å². The molecule has 3 heterocycles. The monoisotopic (exact) mass is 374 g/mol. The van der Waals surface area contributed by atoms with Crippen molar-refractivity contribution in [2.45, 2.75) is 25.4 Å². The van der Waals surface area contributed by atoms with Crippen molar-refractivity contribution in [1.29, 1.82) is 0 Å². The molecule has 7 nitrogen and oxygen atoms in total. The zero-order chi connectivity index (χ0) is 18.6. The van der Waals surface area contributed by atoms with Crippen LogP contribution in [-0.2, 0) is 11.3 Å². The van der Waals surface area contributed by atoms with Crippen molar-refractivity contribution in [2.24, 2.45) is 0 Å². The van der Waals surface area contributed by atoms with Gasteiger partial charge in [-0.1, -0.05) is 6.07 Å². The van der Waals surface area contributed by atoms with Gasteiger partial charge in [0.15, 0.2) is 11.5 Å². The Morgan fingerprint density at radius 2 is 1.93 bits per heavy atom. The first kappa shape index (κ1) is 18.5. The fourth-order valence-electron chi connectivity index (χ4n) is 4.34. The lowest BCUT2D eigenvalue weighted by atomic mass is 10.0. The van der Waals surface area contributed by atoms with Crippen LogP contribution in [0.1, 0.15) is 18.4 Å². The number of rotatable bonds is 5. The van der Waals surface area contributed by atoms with Crippen LogP contribution in [-0.4, -0.2) is 86.3 Å². The fraction of sp³-hybridized carbons (Fsp3) is 0.650. The molecule has 3 aliphatic rings. The van der Waals surface area contributed by atoms with Crippen LogP contribution in [0.3, 0.4) is 0 Å². The van der Waals surface area contributed by atoms with Gasteiger partial charge in [-0.05, 0) is 37.1 Å². The van der Waals surface area contributed by atoms with Gasteiger partial charge in [-0.25, -0.2) is 0 Å². The summed E-state index contributed by atoms with van der Waals surface area (Å²) in [4.78, 5) is 19.1. The molecule has 0 saturated carbocycles. The average molecular weight is 374 g/mol. The van der Waals surface area contributed by atoms with Gasteiger partial charge in [0.25, 0.3) is 0 Å². The second kappa shape index (κ2) is 8.46. The molecular formula is C20H30N4O3. The van der Waals surface area contributed by atoms with Crippen molar-refractivity contribution in [2.75, 3.05) is 59.7 Å². The van der Waals surface area contributed by atoms with Crippen molar-refractivity contribution >= 4 is 5.91 Å². The quantitative estimate of drug-likeness (QED) is 0.821. The predicted molar refractivity (Wildman–Crippen MR) is 103 cm³/mol. The Labute approximate surface area is 161 Å². The molecule has 2 fully saturated rings. The number of ether oxygens (including phenoxy) is 2. The van der Waals surface area contributed by atoms with E-state index in [-0.39, 0.29) is 5.91 Å². The minimum Gasteiger partial charge on any atom is -0.454 e. The Morgan fingerprint density at radius 3 is 2.74 bits per heavy atom. The van der Waals surface area contributed by atoms with Gasteiger partial charge in [0.1, 0.15) is 0 Å². The van der Waals surface area contributed by atoms with Crippen molar-refractivity contribution in [3.05, 3.63) is 23.8 Å². The van der Waals surface area contributed by atoms with E-state index < -0.39 is 0 Å². The Hall–Kier alpha value is -1.83. The molecule has 27 heavy (non-hydrogen) atoms. The first-order valence-electron chi connectivity index (χ1n) is 9.99. The van der Waals surface area contributed by atoms with Gasteiger partial charge in [0, 0.05) is 52.4 Å². The molecule has 0 bridgehead atoms. The molecule has 1 aromatic rings. The Morgan fingerprint density at radius 1 is 1.11 bits per heavy atom. The van der Waals surface area contributed by atoms with E-state index in [0.29, 0.717) is 19.4 Å². The topological polar surface area (TPSA) is 57.3 Å². The second-order valence-corrected chi connectivity index (χ2v) is 7.70. The number of hydrogen-bond donors (Lipinski definition) is 1.